The maximum absolute atomic E-state index is 13.2. The molecule has 0 aliphatic carbocycles. The smallest absolute Gasteiger partial charge is 0.265 e. The van der Waals surface area contributed by atoms with E-state index in [1.165, 1.54) is 12.3 Å². The normalized spacial score (nSPS) is 11.0. The van der Waals surface area contributed by atoms with E-state index in [9.17, 15) is 8.42 Å². The van der Waals surface area contributed by atoms with Gasteiger partial charge in [-0.3, -0.25) is 14.7 Å². The fourth-order valence-electron chi connectivity index (χ4n) is 2.86. The average Bonchev–Trinajstić information content (AvgIpc) is 2.73. The van der Waals surface area contributed by atoms with Crippen LogP contribution in [0.3, 0.4) is 0 Å². The second-order valence-corrected chi connectivity index (χ2v) is 8.65. The summed E-state index contributed by atoms with van der Waals surface area (Å²) < 4.78 is 29.1. The van der Waals surface area contributed by atoms with E-state index in [4.69, 9.17) is 23.2 Å². The number of sulfonamides is 1. The molecule has 4 aromatic rings. The molecule has 0 bridgehead atoms. The molecule has 0 saturated heterocycles. The first-order valence-electron chi connectivity index (χ1n) is 8.72. The first-order valence-corrected chi connectivity index (χ1v) is 11.0. The second-order valence-electron chi connectivity index (χ2n) is 6.21. The zero-order valence-electron chi connectivity index (χ0n) is 15.3. The van der Waals surface area contributed by atoms with Crippen molar-refractivity contribution in [3.63, 3.8) is 0 Å². The van der Waals surface area contributed by atoms with Gasteiger partial charge in [0.25, 0.3) is 10.0 Å². The molecule has 0 aliphatic rings. The molecule has 148 valence electrons. The fraction of sp³-hybridized carbons (Fsp3) is 0. The van der Waals surface area contributed by atoms with Crippen molar-refractivity contribution in [1.82, 2.24) is 9.97 Å². The van der Waals surface area contributed by atoms with Crippen molar-refractivity contribution in [3.05, 3.63) is 94.4 Å². The molecule has 4 rings (SSSR count). The van der Waals surface area contributed by atoms with E-state index in [0.29, 0.717) is 27.2 Å². The van der Waals surface area contributed by atoms with Gasteiger partial charge in [-0.25, -0.2) is 8.42 Å². The lowest BCUT2D eigenvalue weighted by molar-refractivity contribution is 0.602. The van der Waals surface area contributed by atoms with Crippen molar-refractivity contribution in [3.8, 4) is 11.8 Å². The zero-order chi connectivity index (χ0) is 21.1. The Morgan fingerprint density at radius 3 is 2.50 bits per heavy atom. The molecule has 0 aliphatic heterocycles. The van der Waals surface area contributed by atoms with Gasteiger partial charge in [-0.2, -0.15) is 0 Å². The Morgan fingerprint density at radius 2 is 1.70 bits per heavy atom. The van der Waals surface area contributed by atoms with Gasteiger partial charge in [0.15, 0.2) is 0 Å². The number of aromatic nitrogens is 2. The van der Waals surface area contributed by atoms with Gasteiger partial charge in [0.2, 0.25) is 0 Å². The van der Waals surface area contributed by atoms with Gasteiger partial charge in [0.05, 0.1) is 21.2 Å². The highest BCUT2D eigenvalue weighted by molar-refractivity contribution is 7.93. The number of nitrogens with zero attached hydrogens (tertiary/aromatic N) is 2. The Labute approximate surface area is 183 Å². The molecule has 0 unspecified atom stereocenters. The quantitative estimate of drug-likeness (QED) is 0.436. The van der Waals surface area contributed by atoms with Gasteiger partial charge in [-0.15, -0.1) is 0 Å². The second kappa shape index (κ2) is 8.33. The van der Waals surface area contributed by atoms with Gasteiger partial charge in [-0.05, 0) is 42.5 Å². The van der Waals surface area contributed by atoms with Crippen molar-refractivity contribution >= 4 is 49.8 Å². The molecule has 0 fully saturated rings. The SMILES string of the molecule is O=S(=O)(Nc1ccccc1C#Cc1cccnc1)c1c(Cl)cc(Cl)c2cccnc12. The Morgan fingerprint density at radius 1 is 0.900 bits per heavy atom. The largest absolute Gasteiger partial charge is 0.278 e. The third-order valence-corrected chi connectivity index (χ3v) is 6.36. The van der Waals surface area contributed by atoms with Crippen LogP contribution in [-0.4, -0.2) is 18.4 Å². The topological polar surface area (TPSA) is 72.0 Å². The summed E-state index contributed by atoms with van der Waals surface area (Å²) in [4.78, 5) is 8.06. The molecule has 5 nitrogen and oxygen atoms in total. The van der Waals surface area contributed by atoms with E-state index in [0.717, 1.165) is 0 Å². The minimum Gasteiger partial charge on any atom is -0.278 e. The molecule has 0 amide bonds. The number of benzene rings is 2. The Kier molecular flexibility index (Phi) is 5.60. The van der Waals surface area contributed by atoms with E-state index >= 15 is 0 Å². The maximum atomic E-state index is 13.2. The Hall–Kier alpha value is -3.11. The Bertz CT molecular complexity index is 1410. The third kappa shape index (κ3) is 4.10. The van der Waals surface area contributed by atoms with E-state index in [1.807, 2.05) is 6.07 Å². The van der Waals surface area contributed by atoms with Crippen molar-refractivity contribution < 1.29 is 8.42 Å². The average molecular weight is 454 g/mol. The maximum Gasteiger partial charge on any atom is 0.265 e. The van der Waals surface area contributed by atoms with E-state index in [2.05, 4.69) is 26.5 Å². The van der Waals surface area contributed by atoms with Crippen molar-refractivity contribution in [2.75, 3.05) is 4.72 Å². The summed E-state index contributed by atoms with van der Waals surface area (Å²) in [5.74, 6) is 5.95. The molecule has 2 aromatic carbocycles. The number of hydrogen-bond acceptors (Lipinski definition) is 4. The number of fused-ring (bicyclic) bond motifs is 1. The van der Waals surface area contributed by atoms with Crippen molar-refractivity contribution in [1.29, 1.82) is 0 Å². The van der Waals surface area contributed by atoms with Crippen LogP contribution in [0.4, 0.5) is 5.69 Å². The van der Waals surface area contributed by atoms with Crippen LogP contribution in [0.5, 0.6) is 0 Å². The summed E-state index contributed by atoms with van der Waals surface area (Å²) in [6.45, 7) is 0. The highest BCUT2D eigenvalue weighted by Gasteiger charge is 2.24. The minimum atomic E-state index is -4.08. The summed E-state index contributed by atoms with van der Waals surface area (Å²) in [6.07, 6.45) is 4.77. The lowest BCUT2D eigenvalue weighted by atomic mass is 10.2. The third-order valence-electron chi connectivity index (χ3n) is 4.19. The number of nitrogens with one attached hydrogen (secondary N) is 1. The molecule has 0 atom stereocenters. The first-order chi connectivity index (χ1) is 14.5. The standard InChI is InChI=1S/C22H13Cl2N3O2S/c23-18-13-19(24)22(21-17(18)7-4-12-26-21)30(28,29)27-20-8-2-1-6-16(20)10-9-15-5-3-11-25-14-15/h1-8,11-14,27H. The molecule has 8 heteroatoms. The minimum absolute atomic E-state index is 0.0161. The van der Waals surface area contributed by atoms with Crippen LogP contribution in [0.1, 0.15) is 11.1 Å². The van der Waals surface area contributed by atoms with Crippen LogP contribution < -0.4 is 4.72 Å². The number of halogens is 2. The number of pyridine rings is 2. The lowest BCUT2D eigenvalue weighted by Crippen LogP contribution is -2.15. The molecule has 0 saturated carbocycles. The molecule has 2 heterocycles. The first kappa shape index (κ1) is 20.2. The highest BCUT2D eigenvalue weighted by atomic mass is 35.5. The van der Waals surface area contributed by atoms with Crippen molar-refractivity contribution in [2.45, 2.75) is 4.90 Å². The Balaban J connectivity index is 1.78. The van der Waals surface area contributed by atoms with Crippen LogP contribution in [0.15, 0.2) is 78.1 Å². The van der Waals surface area contributed by atoms with Crippen LogP contribution >= 0.6 is 23.2 Å². The van der Waals surface area contributed by atoms with Gasteiger partial charge >= 0.3 is 0 Å². The van der Waals surface area contributed by atoms with E-state index in [1.54, 1.807) is 54.9 Å². The van der Waals surface area contributed by atoms with Gasteiger partial charge in [0, 0.05) is 35.1 Å². The monoisotopic (exact) mass is 453 g/mol. The van der Waals surface area contributed by atoms with Gasteiger partial charge in [0.1, 0.15) is 4.90 Å². The molecular weight excluding hydrogens is 441 g/mol. The van der Waals surface area contributed by atoms with E-state index in [-0.39, 0.29) is 15.4 Å². The summed E-state index contributed by atoms with van der Waals surface area (Å²) in [5, 5.41) is 0.802. The molecule has 30 heavy (non-hydrogen) atoms. The van der Waals surface area contributed by atoms with Gasteiger partial charge < -0.3 is 0 Å². The molecule has 2 aromatic heterocycles. The van der Waals surface area contributed by atoms with Crippen LogP contribution in [0, 0.1) is 11.8 Å². The lowest BCUT2D eigenvalue weighted by Gasteiger charge is -2.13. The van der Waals surface area contributed by atoms with Gasteiger partial charge in [-0.1, -0.05) is 47.2 Å². The summed E-state index contributed by atoms with van der Waals surface area (Å²) >= 11 is 12.5. The fourth-order valence-corrected chi connectivity index (χ4v) is 4.98. The van der Waals surface area contributed by atoms with Crippen LogP contribution in [-0.2, 0) is 10.0 Å². The summed E-state index contributed by atoms with van der Waals surface area (Å²) in [7, 11) is -4.08. The predicted molar refractivity (Wildman–Crippen MR) is 119 cm³/mol. The molecule has 0 spiro atoms. The number of hydrogen-bond donors (Lipinski definition) is 1. The molecule has 1 N–H and O–H groups in total. The van der Waals surface area contributed by atoms with E-state index < -0.39 is 10.0 Å². The zero-order valence-corrected chi connectivity index (χ0v) is 17.6. The number of para-hydroxylation sites is 1. The molecular formula is C22H13Cl2N3O2S. The number of rotatable bonds is 3. The van der Waals surface area contributed by atoms with Crippen LogP contribution in [0.25, 0.3) is 10.9 Å². The summed E-state index contributed by atoms with van der Waals surface area (Å²) in [6, 6.07) is 15.2. The highest BCUT2D eigenvalue weighted by Crippen LogP contribution is 2.35. The number of anilines is 1. The summed E-state index contributed by atoms with van der Waals surface area (Å²) in [5.41, 5.74) is 1.74. The van der Waals surface area contributed by atoms with Crippen LogP contribution in [0.2, 0.25) is 10.0 Å². The molecule has 0 radical (unpaired) electrons. The predicted octanol–water partition coefficient (Wildman–Crippen LogP) is 5.14. The van der Waals surface area contributed by atoms with Crippen molar-refractivity contribution in [2.24, 2.45) is 0 Å².